The molecule has 4 aromatic rings. The molecule has 2 heterocycles. The van der Waals surface area contributed by atoms with Crippen LogP contribution in [0.5, 0.6) is 5.75 Å². The van der Waals surface area contributed by atoms with Gasteiger partial charge in [0.15, 0.2) is 0 Å². The number of fused-ring (bicyclic) bond motifs is 7. The number of amides is 2. The van der Waals surface area contributed by atoms with Crippen molar-refractivity contribution in [1.82, 2.24) is 5.32 Å². The lowest BCUT2D eigenvalue weighted by atomic mass is 9.74. The van der Waals surface area contributed by atoms with Crippen molar-refractivity contribution in [3.05, 3.63) is 120 Å². The average Bonchev–Trinajstić information content (AvgIpc) is 3.53. The van der Waals surface area contributed by atoms with E-state index in [2.05, 4.69) is 29.6 Å². The van der Waals surface area contributed by atoms with Crippen molar-refractivity contribution in [2.24, 2.45) is 11.8 Å². The fraction of sp³-hybridized carbons (Fsp3) is 0.161. The molecule has 36 heavy (non-hydrogen) atoms. The molecule has 2 aliphatic heterocycles. The highest BCUT2D eigenvalue weighted by Crippen LogP contribution is 2.61. The minimum absolute atomic E-state index is 0.161. The third-order valence-corrected chi connectivity index (χ3v) is 8.04. The van der Waals surface area contributed by atoms with Crippen LogP contribution in [0, 0.1) is 11.8 Å². The highest BCUT2D eigenvalue weighted by molar-refractivity contribution is 6.23. The first-order valence-corrected chi connectivity index (χ1v) is 12.2. The topological polar surface area (TPSA) is 58.6 Å². The third-order valence-electron chi connectivity index (χ3n) is 8.04. The SMILES string of the molecule is COc1ccc([C@@H]2NC3(c4ccccc4-c4ccccc43)[C@@H]3C(=O)N(c4ccccc4)C(=O)[C@@H]32)cc1. The largest absolute Gasteiger partial charge is 0.497 e. The van der Waals surface area contributed by atoms with Gasteiger partial charge in [-0.3, -0.25) is 14.9 Å². The monoisotopic (exact) mass is 472 g/mol. The van der Waals surface area contributed by atoms with E-state index in [1.807, 2.05) is 78.9 Å². The molecule has 3 aliphatic rings. The Bertz CT molecular complexity index is 1470. The second-order valence-corrected chi connectivity index (χ2v) is 9.65. The summed E-state index contributed by atoms with van der Waals surface area (Å²) in [5.41, 5.74) is 5.08. The van der Waals surface area contributed by atoms with Crippen LogP contribution in [0.25, 0.3) is 11.1 Å². The zero-order chi connectivity index (χ0) is 24.4. The van der Waals surface area contributed by atoms with Gasteiger partial charge in [-0.15, -0.1) is 0 Å². The summed E-state index contributed by atoms with van der Waals surface area (Å²) in [5, 5.41) is 3.86. The molecule has 7 rings (SSSR count). The lowest BCUT2D eigenvalue weighted by molar-refractivity contribution is -0.123. The normalized spacial score (nSPS) is 23.0. The molecule has 0 aromatic heterocycles. The number of ether oxygens (including phenoxy) is 1. The van der Waals surface area contributed by atoms with Crippen LogP contribution in [0.2, 0.25) is 0 Å². The van der Waals surface area contributed by atoms with Crippen molar-refractivity contribution < 1.29 is 14.3 Å². The molecule has 1 N–H and O–H groups in total. The number of hydrogen-bond acceptors (Lipinski definition) is 4. The quantitative estimate of drug-likeness (QED) is 0.423. The van der Waals surface area contributed by atoms with Crippen LogP contribution >= 0.6 is 0 Å². The number of methoxy groups -OCH3 is 1. The summed E-state index contributed by atoms with van der Waals surface area (Å²) in [4.78, 5) is 29.8. The van der Waals surface area contributed by atoms with Crippen molar-refractivity contribution in [2.45, 2.75) is 11.6 Å². The Hall–Kier alpha value is -4.22. The summed E-state index contributed by atoms with van der Waals surface area (Å²) in [7, 11) is 1.64. The molecular weight excluding hydrogens is 448 g/mol. The maximum absolute atomic E-state index is 14.3. The Morgan fingerprint density at radius 1 is 0.722 bits per heavy atom. The van der Waals surface area contributed by atoms with E-state index in [1.165, 1.54) is 4.90 Å². The van der Waals surface area contributed by atoms with Crippen LogP contribution in [0.3, 0.4) is 0 Å². The van der Waals surface area contributed by atoms with E-state index in [1.54, 1.807) is 7.11 Å². The number of para-hydroxylation sites is 1. The zero-order valence-corrected chi connectivity index (χ0v) is 19.7. The van der Waals surface area contributed by atoms with Crippen molar-refractivity contribution in [3.63, 3.8) is 0 Å². The molecule has 0 radical (unpaired) electrons. The van der Waals surface area contributed by atoms with Gasteiger partial charge in [-0.1, -0.05) is 78.9 Å². The number of benzene rings is 4. The number of nitrogens with one attached hydrogen (secondary N) is 1. The predicted molar refractivity (Wildman–Crippen MR) is 137 cm³/mol. The second kappa shape index (κ2) is 7.64. The lowest BCUT2D eigenvalue weighted by Gasteiger charge is -2.33. The molecule has 5 nitrogen and oxygen atoms in total. The summed E-state index contributed by atoms with van der Waals surface area (Å²) < 4.78 is 5.37. The van der Waals surface area contributed by atoms with Gasteiger partial charge >= 0.3 is 0 Å². The molecule has 0 unspecified atom stereocenters. The van der Waals surface area contributed by atoms with E-state index in [9.17, 15) is 9.59 Å². The Kier molecular flexibility index (Phi) is 4.48. The molecule has 0 bridgehead atoms. The van der Waals surface area contributed by atoms with Crippen molar-refractivity contribution in [3.8, 4) is 16.9 Å². The number of rotatable bonds is 3. The summed E-state index contributed by atoms with van der Waals surface area (Å²) in [6.07, 6.45) is 0. The lowest BCUT2D eigenvalue weighted by Crippen LogP contribution is -2.47. The molecule has 2 amide bonds. The van der Waals surface area contributed by atoms with Gasteiger partial charge in [-0.05, 0) is 52.1 Å². The fourth-order valence-corrected chi connectivity index (χ4v) is 6.60. The maximum atomic E-state index is 14.3. The minimum atomic E-state index is -0.807. The molecule has 2 fully saturated rings. The van der Waals surface area contributed by atoms with Crippen LogP contribution < -0.4 is 15.0 Å². The molecular formula is C31H24N2O3. The van der Waals surface area contributed by atoms with Gasteiger partial charge in [-0.25, -0.2) is 4.90 Å². The van der Waals surface area contributed by atoms with E-state index in [4.69, 9.17) is 4.74 Å². The summed E-state index contributed by atoms with van der Waals surface area (Å²) in [6, 6.07) is 33.2. The van der Waals surface area contributed by atoms with E-state index < -0.39 is 17.4 Å². The van der Waals surface area contributed by atoms with Gasteiger partial charge in [-0.2, -0.15) is 0 Å². The van der Waals surface area contributed by atoms with Crippen LogP contribution in [-0.4, -0.2) is 18.9 Å². The molecule has 0 saturated carbocycles. The summed E-state index contributed by atoms with van der Waals surface area (Å²) in [6.45, 7) is 0. The third kappa shape index (κ3) is 2.63. The van der Waals surface area contributed by atoms with Crippen LogP contribution in [0.15, 0.2) is 103 Å². The van der Waals surface area contributed by atoms with Crippen LogP contribution in [0.4, 0.5) is 5.69 Å². The van der Waals surface area contributed by atoms with Gasteiger partial charge in [0.05, 0.1) is 30.2 Å². The molecule has 1 spiro atoms. The van der Waals surface area contributed by atoms with Crippen molar-refractivity contribution in [1.29, 1.82) is 0 Å². The maximum Gasteiger partial charge on any atom is 0.240 e. The number of carbonyl (C=O) groups is 2. The van der Waals surface area contributed by atoms with Gasteiger partial charge in [0.2, 0.25) is 11.8 Å². The number of imide groups is 1. The number of nitrogens with zero attached hydrogens (tertiary/aromatic N) is 1. The zero-order valence-electron chi connectivity index (χ0n) is 19.7. The van der Waals surface area contributed by atoms with Gasteiger partial charge in [0, 0.05) is 6.04 Å². The standard InChI is InChI=1S/C31H24N2O3/c1-36-21-17-15-19(16-18-21)28-26-27(30(35)33(29(26)34)20-9-3-2-4-10-20)31(32-28)24-13-7-5-11-22(24)23-12-6-8-14-25(23)31/h2-18,26-28,32H,1H3/t26-,27-,28-/m0/s1. The Morgan fingerprint density at radius 2 is 1.31 bits per heavy atom. The second-order valence-electron chi connectivity index (χ2n) is 9.65. The Balaban J connectivity index is 1.48. The minimum Gasteiger partial charge on any atom is -0.497 e. The number of anilines is 1. The number of hydrogen-bond donors (Lipinski definition) is 1. The molecule has 3 atom stereocenters. The highest BCUT2D eigenvalue weighted by Gasteiger charge is 2.68. The van der Waals surface area contributed by atoms with E-state index in [0.717, 1.165) is 33.6 Å². The van der Waals surface area contributed by atoms with Gasteiger partial charge in [0.1, 0.15) is 5.75 Å². The molecule has 176 valence electrons. The van der Waals surface area contributed by atoms with E-state index in [0.29, 0.717) is 5.69 Å². The predicted octanol–water partition coefficient (Wildman–Crippen LogP) is 5.07. The number of carbonyl (C=O) groups excluding carboxylic acids is 2. The van der Waals surface area contributed by atoms with Crippen molar-refractivity contribution in [2.75, 3.05) is 12.0 Å². The van der Waals surface area contributed by atoms with Gasteiger partial charge < -0.3 is 4.74 Å². The first-order valence-electron chi connectivity index (χ1n) is 12.2. The summed E-state index contributed by atoms with van der Waals surface area (Å²) >= 11 is 0. The fourth-order valence-electron chi connectivity index (χ4n) is 6.60. The smallest absolute Gasteiger partial charge is 0.240 e. The Morgan fingerprint density at radius 3 is 1.92 bits per heavy atom. The molecule has 2 saturated heterocycles. The Labute approximate surface area is 209 Å². The molecule has 1 aliphatic carbocycles. The van der Waals surface area contributed by atoms with Crippen LogP contribution in [-0.2, 0) is 15.1 Å². The highest BCUT2D eigenvalue weighted by atomic mass is 16.5. The average molecular weight is 473 g/mol. The first kappa shape index (κ1) is 21.1. The molecule has 4 aromatic carbocycles. The van der Waals surface area contributed by atoms with E-state index in [-0.39, 0.29) is 17.9 Å². The van der Waals surface area contributed by atoms with Crippen molar-refractivity contribution >= 4 is 17.5 Å². The van der Waals surface area contributed by atoms with E-state index >= 15 is 0 Å². The summed E-state index contributed by atoms with van der Waals surface area (Å²) in [5.74, 6) is -0.707. The van der Waals surface area contributed by atoms with Crippen LogP contribution in [0.1, 0.15) is 22.7 Å². The molecule has 5 heteroatoms. The first-order chi connectivity index (χ1) is 17.6. The van der Waals surface area contributed by atoms with Gasteiger partial charge in [0.25, 0.3) is 0 Å².